The lowest BCUT2D eigenvalue weighted by atomic mass is 9.75. The maximum absolute atomic E-state index is 14.9. The minimum Gasteiger partial charge on any atom is -0.495 e. The molecule has 1 rings (SSSR count). The molecule has 16 heavy (non-hydrogen) atoms. The second kappa shape index (κ2) is 4.37. The predicted octanol–water partition coefficient (Wildman–Crippen LogP) is 2.26. The quantitative estimate of drug-likeness (QED) is 0.860. The van der Waals surface area contributed by atoms with E-state index in [1.165, 1.54) is 7.11 Å². The average molecular weight is 226 g/mol. The highest BCUT2D eigenvalue weighted by Crippen LogP contribution is 2.44. The van der Waals surface area contributed by atoms with Crippen molar-refractivity contribution in [3.63, 3.8) is 0 Å². The van der Waals surface area contributed by atoms with Gasteiger partial charge in [0.1, 0.15) is 11.4 Å². The van der Waals surface area contributed by atoms with Crippen LogP contribution in [0.15, 0.2) is 18.3 Å². The second-order valence-corrected chi connectivity index (χ2v) is 4.81. The summed E-state index contributed by atoms with van der Waals surface area (Å²) in [6, 6.07) is 3.40. The van der Waals surface area contributed by atoms with Crippen LogP contribution in [-0.4, -0.2) is 18.6 Å². The number of rotatable bonds is 3. The first-order valence-corrected chi connectivity index (χ1v) is 5.25. The van der Waals surface area contributed by atoms with Gasteiger partial charge in [0, 0.05) is 18.2 Å². The number of nitrogens with zero attached hydrogens (tertiary/aromatic N) is 1. The van der Waals surface area contributed by atoms with E-state index in [2.05, 4.69) is 4.98 Å². The molecule has 0 radical (unpaired) electrons. The average Bonchev–Trinajstić information content (AvgIpc) is 2.26. The molecule has 1 atom stereocenters. The summed E-state index contributed by atoms with van der Waals surface area (Å²) in [7, 11) is 1.50. The fourth-order valence-electron chi connectivity index (χ4n) is 1.61. The molecule has 1 aromatic heterocycles. The minimum absolute atomic E-state index is 0.121. The van der Waals surface area contributed by atoms with Crippen LogP contribution >= 0.6 is 0 Å². The van der Waals surface area contributed by atoms with Gasteiger partial charge in [-0.15, -0.1) is 0 Å². The van der Waals surface area contributed by atoms with Gasteiger partial charge in [0.25, 0.3) is 0 Å². The van der Waals surface area contributed by atoms with Crippen molar-refractivity contribution in [3.05, 3.63) is 24.0 Å². The summed E-state index contributed by atoms with van der Waals surface area (Å²) in [6.45, 7) is 5.28. The fourth-order valence-corrected chi connectivity index (χ4v) is 1.61. The number of aromatic nitrogens is 1. The van der Waals surface area contributed by atoms with Gasteiger partial charge in [-0.3, -0.25) is 4.98 Å². The van der Waals surface area contributed by atoms with Gasteiger partial charge in [-0.05, 0) is 12.1 Å². The standard InChI is InChI=1S/C12H19FN2O/c1-11(2,3)12(13,8-14)10-9(16-4)6-5-7-15-10/h5-7H,8,14H2,1-4H3. The Hall–Kier alpha value is -1.16. The van der Waals surface area contributed by atoms with Crippen molar-refractivity contribution in [1.29, 1.82) is 0 Å². The molecule has 1 aromatic rings. The normalized spacial score (nSPS) is 15.6. The summed E-state index contributed by atoms with van der Waals surface area (Å²) in [5.74, 6) is 0.436. The maximum atomic E-state index is 14.9. The number of ether oxygens (including phenoxy) is 1. The van der Waals surface area contributed by atoms with Crippen molar-refractivity contribution in [1.82, 2.24) is 4.98 Å². The zero-order valence-corrected chi connectivity index (χ0v) is 10.2. The van der Waals surface area contributed by atoms with Gasteiger partial charge in [-0.25, -0.2) is 4.39 Å². The Bertz CT molecular complexity index is 362. The van der Waals surface area contributed by atoms with E-state index in [-0.39, 0.29) is 12.2 Å². The molecule has 3 nitrogen and oxygen atoms in total. The summed E-state index contributed by atoms with van der Waals surface area (Å²) in [5, 5.41) is 0. The zero-order valence-electron chi connectivity index (χ0n) is 10.2. The van der Waals surface area contributed by atoms with Gasteiger partial charge in [-0.1, -0.05) is 20.8 Å². The lowest BCUT2D eigenvalue weighted by Crippen LogP contribution is -2.43. The van der Waals surface area contributed by atoms with E-state index >= 15 is 0 Å². The Balaban J connectivity index is 3.33. The molecule has 0 aliphatic carbocycles. The molecule has 0 aromatic carbocycles. The highest BCUT2D eigenvalue weighted by atomic mass is 19.1. The minimum atomic E-state index is -1.69. The third-order valence-electron chi connectivity index (χ3n) is 2.84. The fraction of sp³-hybridized carbons (Fsp3) is 0.583. The molecule has 1 unspecified atom stereocenters. The van der Waals surface area contributed by atoms with Crippen molar-refractivity contribution >= 4 is 0 Å². The van der Waals surface area contributed by atoms with E-state index in [0.717, 1.165) is 0 Å². The molecule has 0 aliphatic heterocycles. The van der Waals surface area contributed by atoms with Crippen LogP contribution in [0.1, 0.15) is 26.5 Å². The summed E-state index contributed by atoms with van der Waals surface area (Å²) in [5.41, 5.74) is 3.52. The molecular weight excluding hydrogens is 207 g/mol. The Kier molecular flexibility index (Phi) is 3.53. The van der Waals surface area contributed by atoms with Gasteiger partial charge < -0.3 is 10.5 Å². The van der Waals surface area contributed by atoms with Crippen LogP contribution < -0.4 is 10.5 Å². The Morgan fingerprint density at radius 3 is 2.50 bits per heavy atom. The largest absolute Gasteiger partial charge is 0.495 e. The topological polar surface area (TPSA) is 48.1 Å². The molecule has 4 heteroatoms. The van der Waals surface area contributed by atoms with Crippen LogP contribution in [0.5, 0.6) is 5.75 Å². The van der Waals surface area contributed by atoms with Crippen LogP contribution in [0.25, 0.3) is 0 Å². The number of nitrogens with two attached hydrogens (primary N) is 1. The van der Waals surface area contributed by atoms with E-state index in [4.69, 9.17) is 10.5 Å². The SMILES string of the molecule is COc1cccnc1C(F)(CN)C(C)(C)C. The Morgan fingerprint density at radius 1 is 1.44 bits per heavy atom. The highest BCUT2D eigenvalue weighted by molar-refractivity contribution is 5.33. The smallest absolute Gasteiger partial charge is 0.173 e. The van der Waals surface area contributed by atoms with Crippen molar-refractivity contribution in [2.75, 3.05) is 13.7 Å². The van der Waals surface area contributed by atoms with E-state index in [0.29, 0.717) is 5.75 Å². The first kappa shape index (κ1) is 12.9. The lowest BCUT2D eigenvalue weighted by Gasteiger charge is -2.36. The molecule has 0 spiro atoms. The molecule has 0 fully saturated rings. The van der Waals surface area contributed by atoms with Crippen molar-refractivity contribution in [3.8, 4) is 5.75 Å². The molecule has 0 bridgehead atoms. The zero-order chi connectivity index (χ0) is 12.4. The molecule has 0 aliphatic rings. The Morgan fingerprint density at radius 2 is 2.06 bits per heavy atom. The van der Waals surface area contributed by atoms with Crippen LogP contribution in [0, 0.1) is 5.41 Å². The number of methoxy groups -OCH3 is 1. The molecule has 90 valence electrons. The number of pyridine rings is 1. The van der Waals surface area contributed by atoms with Gasteiger partial charge in [0.05, 0.1) is 7.11 Å². The third-order valence-corrected chi connectivity index (χ3v) is 2.84. The number of alkyl halides is 1. The van der Waals surface area contributed by atoms with Gasteiger partial charge in [0.15, 0.2) is 5.67 Å². The number of halogens is 1. The first-order valence-electron chi connectivity index (χ1n) is 5.25. The van der Waals surface area contributed by atoms with Crippen LogP contribution in [-0.2, 0) is 5.67 Å². The molecule has 2 N–H and O–H groups in total. The van der Waals surface area contributed by atoms with Crippen LogP contribution in [0.4, 0.5) is 4.39 Å². The number of hydrogen-bond acceptors (Lipinski definition) is 3. The van der Waals surface area contributed by atoms with Crippen LogP contribution in [0.2, 0.25) is 0 Å². The van der Waals surface area contributed by atoms with Crippen molar-refractivity contribution in [2.24, 2.45) is 11.1 Å². The predicted molar refractivity (Wildman–Crippen MR) is 62.1 cm³/mol. The molecule has 1 heterocycles. The first-order chi connectivity index (χ1) is 7.36. The van der Waals surface area contributed by atoms with Gasteiger partial charge >= 0.3 is 0 Å². The van der Waals surface area contributed by atoms with E-state index in [1.807, 2.05) is 0 Å². The Labute approximate surface area is 95.8 Å². The summed E-state index contributed by atoms with van der Waals surface area (Å²) in [6.07, 6.45) is 1.55. The maximum Gasteiger partial charge on any atom is 0.173 e. The summed E-state index contributed by atoms with van der Waals surface area (Å²) in [4.78, 5) is 4.08. The lowest BCUT2D eigenvalue weighted by molar-refractivity contribution is 0.0274. The summed E-state index contributed by atoms with van der Waals surface area (Å²) < 4.78 is 20.1. The number of hydrogen-bond donors (Lipinski definition) is 1. The highest BCUT2D eigenvalue weighted by Gasteiger charge is 2.46. The molecule has 0 amide bonds. The third kappa shape index (κ3) is 2.02. The van der Waals surface area contributed by atoms with Crippen LogP contribution in [0.3, 0.4) is 0 Å². The monoisotopic (exact) mass is 226 g/mol. The van der Waals surface area contributed by atoms with Crippen molar-refractivity contribution in [2.45, 2.75) is 26.4 Å². The van der Waals surface area contributed by atoms with E-state index in [9.17, 15) is 4.39 Å². The van der Waals surface area contributed by atoms with E-state index in [1.54, 1.807) is 39.1 Å². The van der Waals surface area contributed by atoms with Crippen molar-refractivity contribution < 1.29 is 9.13 Å². The van der Waals surface area contributed by atoms with E-state index < -0.39 is 11.1 Å². The summed E-state index contributed by atoms with van der Waals surface area (Å²) >= 11 is 0. The molecule has 0 saturated carbocycles. The van der Waals surface area contributed by atoms with Gasteiger partial charge in [0.2, 0.25) is 0 Å². The van der Waals surface area contributed by atoms with Gasteiger partial charge in [-0.2, -0.15) is 0 Å². The molecule has 0 saturated heterocycles. The molecular formula is C12H19FN2O. The second-order valence-electron chi connectivity index (χ2n) is 4.81.